The number of benzene rings is 1. The average Bonchev–Trinajstić information content (AvgIpc) is 3.18. The van der Waals surface area contributed by atoms with Crippen LogP contribution in [0.15, 0.2) is 24.3 Å². The van der Waals surface area contributed by atoms with E-state index in [1.807, 2.05) is 0 Å². The molecule has 2 unspecified atom stereocenters. The van der Waals surface area contributed by atoms with Crippen LogP contribution in [0.2, 0.25) is 0 Å². The largest absolute Gasteiger partial charge is 0.464 e. The molecule has 31 heavy (non-hydrogen) atoms. The van der Waals surface area contributed by atoms with E-state index in [1.54, 1.807) is 6.92 Å². The molecule has 2 atom stereocenters. The van der Waals surface area contributed by atoms with Gasteiger partial charge in [0.1, 0.15) is 11.4 Å². The number of hydrogen-bond donors (Lipinski definition) is 0. The Balaban J connectivity index is 2.06. The van der Waals surface area contributed by atoms with Crippen molar-refractivity contribution in [2.24, 2.45) is 0 Å². The number of ether oxygens (including phenoxy) is 1. The lowest BCUT2D eigenvalue weighted by Gasteiger charge is -2.29. The number of esters is 1. The van der Waals surface area contributed by atoms with Gasteiger partial charge in [-0.05, 0) is 31.0 Å². The molecule has 2 rings (SSSR count). The lowest BCUT2D eigenvalue weighted by Crippen LogP contribution is -2.43. The second kappa shape index (κ2) is 12.4. The predicted molar refractivity (Wildman–Crippen MR) is 117 cm³/mol. The molecule has 0 aromatic heterocycles. The van der Waals surface area contributed by atoms with Crippen molar-refractivity contribution < 1.29 is 27.5 Å². The number of unbranched alkanes of at least 4 members (excludes halogenated alkanes) is 6. The zero-order valence-electron chi connectivity index (χ0n) is 18.2. The van der Waals surface area contributed by atoms with Crippen molar-refractivity contribution in [3.8, 4) is 0 Å². The highest BCUT2D eigenvalue weighted by Crippen LogP contribution is 2.43. The van der Waals surface area contributed by atoms with E-state index in [9.17, 15) is 22.8 Å². The Kier molecular flexibility index (Phi) is 10.2. The highest BCUT2D eigenvalue weighted by atomic mass is 32.2. The molecule has 8 heteroatoms. The molecule has 4 nitrogen and oxygen atoms in total. The molecular weight excluding hydrogens is 427 g/mol. The maximum atomic E-state index is 13.0. The van der Waals surface area contributed by atoms with Gasteiger partial charge in [-0.25, -0.2) is 4.79 Å². The molecule has 1 aliphatic rings. The van der Waals surface area contributed by atoms with Crippen molar-refractivity contribution in [1.82, 2.24) is 4.90 Å². The quantitative estimate of drug-likeness (QED) is 0.286. The second-order valence-corrected chi connectivity index (χ2v) is 8.86. The average molecular weight is 460 g/mol. The number of halogens is 3. The monoisotopic (exact) mass is 459 g/mol. The first kappa shape index (κ1) is 25.6. The predicted octanol–water partition coefficient (Wildman–Crippen LogP) is 6.35. The van der Waals surface area contributed by atoms with Crippen LogP contribution in [-0.4, -0.2) is 35.2 Å². The Labute approximate surface area is 186 Å². The number of rotatable bonds is 11. The van der Waals surface area contributed by atoms with E-state index in [2.05, 4.69) is 6.92 Å². The minimum absolute atomic E-state index is 0.151. The van der Waals surface area contributed by atoms with Crippen LogP contribution in [-0.2, 0) is 20.5 Å². The summed E-state index contributed by atoms with van der Waals surface area (Å²) in [6.45, 7) is 4.09. The molecule has 1 heterocycles. The van der Waals surface area contributed by atoms with E-state index in [1.165, 1.54) is 48.1 Å². The van der Waals surface area contributed by atoms with Gasteiger partial charge in [-0.1, -0.05) is 57.6 Å². The fourth-order valence-electron chi connectivity index (χ4n) is 3.69. The third-order valence-electron chi connectivity index (χ3n) is 5.36. The summed E-state index contributed by atoms with van der Waals surface area (Å²) in [6.07, 6.45) is 3.43. The maximum absolute atomic E-state index is 13.0. The third kappa shape index (κ3) is 7.44. The van der Waals surface area contributed by atoms with Crippen LogP contribution < -0.4 is 0 Å². The molecule has 0 spiro atoms. The SMILES string of the molecule is CCCCCCCCCC(=O)N1C(C(=O)OCC)CSC1c1ccc(C(F)(F)F)cc1. The Hall–Kier alpha value is -1.70. The Morgan fingerprint density at radius 2 is 1.65 bits per heavy atom. The van der Waals surface area contributed by atoms with Crippen LogP contribution >= 0.6 is 11.8 Å². The van der Waals surface area contributed by atoms with Crippen LogP contribution in [0.1, 0.15) is 81.7 Å². The van der Waals surface area contributed by atoms with Gasteiger partial charge in [-0.2, -0.15) is 13.2 Å². The molecule has 174 valence electrons. The first-order valence-corrected chi connectivity index (χ1v) is 12.1. The van der Waals surface area contributed by atoms with Gasteiger partial charge < -0.3 is 9.64 Å². The van der Waals surface area contributed by atoms with Crippen LogP contribution in [0.25, 0.3) is 0 Å². The summed E-state index contributed by atoms with van der Waals surface area (Å²) in [4.78, 5) is 27.0. The van der Waals surface area contributed by atoms with Crippen molar-refractivity contribution in [2.45, 2.75) is 82.8 Å². The molecule has 1 aliphatic heterocycles. The highest BCUT2D eigenvalue weighted by molar-refractivity contribution is 7.99. The fourth-order valence-corrected chi connectivity index (χ4v) is 5.12. The van der Waals surface area contributed by atoms with Crippen molar-refractivity contribution in [2.75, 3.05) is 12.4 Å². The molecule has 1 aromatic carbocycles. The van der Waals surface area contributed by atoms with E-state index in [0.717, 1.165) is 37.8 Å². The molecule has 0 aliphatic carbocycles. The van der Waals surface area contributed by atoms with Crippen molar-refractivity contribution in [3.05, 3.63) is 35.4 Å². The zero-order chi connectivity index (χ0) is 22.9. The van der Waals surface area contributed by atoms with Gasteiger partial charge in [0.05, 0.1) is 12.2 Å². The summed E-state index contributed by atoms with van der Waals surface area (Å²) in [5, 5.41) is -0.492. The van der Waals surface area contributed by atoms with Crippen LogP contribution in [0.3, 0.4) is 0 Å². The third-order valence-corrected chi connectivity index (χ3v) is 6.69. The Bertz CT molecular complexity index is 709. The second-order valence-electron chi connectivity index (χ2n) is 7.75. The summed E-state index contributed by atoms with van der Waals surface area (Å²) in [6, 6.07) is 4.11. The van der Waals surface area contributed by atoms with Gasteiger partial charge in [0.15, 0.2) is 0 Å². The van der Waals surface area contributed by atoms with Crippen molar-refractivity contribution in [1.29, 1.82) is 0 Å². The van der Waals surface area contributed by atoms with E-state index in [0.29, 0.717) is 17.7 Å². The van der Waals surface area contributed by atoms with E-state index >= 15 is 0 Å². The topological polar surface area (TPSA) is 46.6 Å². The smallest absolute Gasteiger partial charge is 0.416 e. The van der Waals surface area contributed by atoms with Crippen LogP contribution in [0.5, 0.6) is 0 Å². The summed E-state index contributed by atoms with van der Waals surface area (Å²) in [5.74, 6) is -0.244. The molecule has 1 aromatic rings. The van der Waals surface area contributed by atoms with Gasteiger partial charge in [0, 0.05) is 12.2 Å². The summed E-state index contributed by atoms with van der Waals surface area (Å²) in [5.41, 5.74) is -0.153. The van der Waals surface area contributed by atoms with Crippen molar-refractivity contribution >= 4 is 23.6 Å². The van der Waals surface area contributed by atoms with Crippen LogP contribution in [0, 0.1) is 0 Å². The number of hydrogen-bond acceptors (Lipinski definition) is 4. The van der Waals surface area contributed by atoms with Gasteiger partial charge >= 0.3 is 12.1 Å². The lowest BCUT2D eigenvalue weighted by atomic mass is 10.1. The van der Waals surface area contributed by atoms with Gasteiger partial charge in [-0.3, -0.25) is 4.79 Å². The number of thioether (sulfide) groups is 1. The number of nitrogens with zero attached hydrogens (tertiary/aromatic N) is 1. The van der Waals surface area contributed by atoms with Gasteiger partial charge in [0.2, 0.25) is 5.91 Å². The molecule has 0 saturated carbocycles. The standard InChI is InChI=1S/C23H32F3NO3S/c1-3-5-6-7-8-9-10-11-20(28)27-19(22(29)30-4-2)16-31-21(27)17-12-14-18(15-13-17)23(24,25)26/h12-15,19,21H,3-11,16H2,1-2H3. The first-order chi connectivity index (χ1) is 14.8. The van der Waals surface area contributed by atoms with E-state index in [4.69, 9.17) is 4.74 Å². The minimum atomic E-state index is -4.42. The van der Waals surface area contributed by atoms with E-state index < -0.39 is 29.1 Å². The summed E-state index contributed by atoms with van der Waals surface area (Å²) < 4.78 is 43.8. The van der Waals surface area contributed by atoms with E-state index in [-0.39, 0.29) is 12.5 Å². The molecule has 1 saturated heterocycles. The molecule has 0 radical (unpaired) electrons. The normalized spacial score (nSPS) is 18.9. The number of alkyl halides is 3. The summed E-state index contributed by atoms with van der Waals surface area (Å²) in [7, 11) is 0. The zero-order valence-corrected chi connectivity index (χ0v) is 19.1. The Morgan fingerprint density at radius 3 is 2.23 bits per heavy atom. The maximum Gasteiger partial charge on any atom is 0.416 e. The molecule has 1 fully saturated rings. The summed E-state index contributed by atoms with van der Waals surface area (Å²) >= 11 is 1.38. The number of amides is 1. The highest BCUT2D eigenvalue weighted by Gasteiger charge is 2.43. The van der Waals surface area contributed by atoms with Gasteiger partial charge in [0.25, 0.3) is 0 Å². The molecule has 1 amide bonds. The first-order valence-electron chi connectivity index (χ1n) is 11.1. The molecule has 0 N–H and O–H groups in total. The minimum Gasteiger partial charge on any atom is -0.464 e. The number of carbonyl (C=O) groups excluding carboxylic acids is 2. The fraction of sp³-hybridized carbons (Fsp3) is 0.652. The van der Waals surface area contributed by atoms with Crippen LogP contribution in [0.4, 0.5) is 13.2 Å². The molecular formula is C23H32F3NO3S. The lowest BCUT2D eigenvalue weighted by molar-refractivity contribution is -0.153. The van der Waals surface area contributed by atoms with Crippen molar-refractivity contribution in [3.63, 3.8) is 0 Å². The number of carbonyl (C=O) groups is 2. The van der Waals surface area contributed by atoms with Gasteiger partial charge in [-0.15, -0.1) is 11.8 Å². The Morgan fingerprint density at radius 1 is 1.03 bits per heavy atom. The molecule has 0 bridgehead atoms.